The summed E-state index contributed by atoms with van der Waals surface area (Å²) in [6, 6.07) is 63.4. The van der Waals surface area contributed by atoms with Crippen LogP contribution in [-0.4, -0.2) is 9.55 Å². The zero-order chi connectivity index (χ0) is 39.9. The van der Waals surface area contributed by atoms with E-state index >= 15 is 0 Å². The molecule has 10 aromatic rings. The van der Waals surface area contributed by atoms with Gasteiger partial charge in [-0.3, -0.25) is 4.57 Å². The molecule has 0 fully saturated rings. The lowest BCUT2D eigenvalue weighted by molar-refractivity contribution is 0.483. The molecule has 6 heteroatoms. The van der Waals surface area contributed by atoms with Crippen LogP contribution in [0.2, 0.25) is 0 Å². The maximum absolute atomic E-state index is 6.66. The minimum atomic E-state index is -0.0442. The van der Waals surface area contributed by atoms with Gasteiger partial charge in [0, 0.05) is 45.1 Å². The zero-order valence-electron chi connectivity index (χ0n) is 33.1. The van der Waals surface area contributed by atoms with Crippen molar-refractivity contribution in [3.63, 3.8) is 0 Å². The van der Waals surface area contributed by atoms with Gasteiger partial charge in [0.05, 0.1) is 28.1 Å². The van der Waals surface area contributed by atoms with Gasteiger partial charge in [0.1, 0.15) is 22.1 Å². The van der Waals surface area contributed by atoms with Gasteiger partial charge in [0.25, 0.3) is 0 Å². The molecule has 0 saturated carbocycles. The van der Waals surface area contributed by atoms with Crippen molar-refractivity contribution in [3.8, 4) is 39.6 Å². The van der Waals surface area contributed by atoms with E-state index in [1.165, 1.54) is 16.3 Å². The van der Waals surface area contributed by atoms with E-state index in [0.29, 0.717) is 0 Å². The van der Waals surface area contributed by atoms with Crippen LogP contribution in [0.1, 0.15) is 26.3 Å². The highest BCUT2D eigenvalue weighted by Gasteiger charge is 2.22. The Hall–Kier alpha value is -7.15. The van der Waals surface area contributed by atoms with Crippen LogP contribution < -0.4 is 15.4 Å². The standard InChI is InChI=1S/C53H42N4OS/c1-53(2,3)45-34-50(56-52-44(45)30-31-59-52)57-48-27-13-10-22-42(48)43-29-28-39(33-49(43)57)58-38-21-14-20-37(32-38)54-46-25-11-12-26-47(46)55-51-40(35-16-6-4-7-17-35)23-15-24-41(51)36-18-8-5-9-19-36/h4-34,54-55H,1-3H3. The minimum Gasteiger partial charge on any atom is -0.457 e. The molecule has 0 bridgehead atoms. The third-order valence-corrected chi connectivity index (χ3v) is 11.7. The fraction of sp³-hybridized carbons (Fsp3) is 0.0755. The molecule has 0 unspecified atom stereocenters. The van der Waals surface area contributed by atoms with Gasteiger partial charge < -0.3 is 15.4 Å². The topological polar surface area (TPSA) is 51.1 Å². The van der Waals surface area contributed by atoms with E-state index in [1.54, 1.807) is 11.3 Å². The Morgan fingerprint density at radius 3 is 1.88 bits per heavy atom. The number of hydrogen-bond acceptors (Lipinski definition) is 5. The molecule has 5 nitrogen and oxygen atoms in total. The van der Waals surface area contributed by atoms with E-state index in [-0.39, 0.29) is 5.41 Å². The van der Waals surface area contributed by atoms with E-state index in [0.717, 1.165) is 83.6 Å². The van der Waals surface area contributed by atoms with Gasteiger partial charge in [-0.25, -0.2) is 4.98 Å². The summed E-state index contributed by atoms with van der Waals surface area (Å²) in [5, 5.41) is 13.2. The van der Waals surface area contributed by atoms with Gasteiger partial charge >= 0.3 is 0 Å². The number of nitrogens with one attached hydrogen (secondary N) is 2. The molecule has 0 spiro atoms. The molecular weight excluding hydrogens is 741 g/mol. The van der Waals surface area contributed by atoms with Gasteiger partial charge in [0.15, 0.2) is 0 Å². The first-order valence-electron chi connectivity index (χ1n) is 19.9. The van der Waals surface area contributed by atoms with Crippen LogP contribution in [0.15, 0.2) is 187 Å². The lowest BCUT2D eigenvalue weighted by Crippen LogP contribution is -2.13. The largest absolute Gasteiger partial charge is 0.457 e. The Morgan fingerprint density at radius 2 is 1.15 bits per heavy atom. The molecule has 59 heavy (non-hydrogen) atoms. The van der Waals surface area contributed by atoms with Crippen LogP contribution in [0.5, 0.6) is 11.5 Å². The van der Waals surface area contributed by atoms with Gasteiger partial charge in [-0.15, -0.1) is 11.3 Å². The SMILES string of the molecule is CC(C)(C)c1cc(-n2c3ccccc3c3ccc(Oc4cccc(Nc5ccccc5Nc5c(-c6ccccc6)cccc5-c5ccccc5)c4)cc32)nc2sccc12. The van der Waals surface area contributed by atoms with Gasteiger partial charge in [0.2, 0.25) is 0 Å². The Kier molecular flexibility index (Phi) is 9.19. The van der Waals surface area contributed by atoms with E-state index in [1.807, 2.05) is 18.2 Å². The second-order valence-electron chi connectivity index (χ2n) is 15.8. The third kappa shape index (κ3) is 6.98. The Morgan fingerprint density at radius 1 is 0.525 bits per heavy atom. The Bertz CT molecular complexity index is 3070. The molecular formula is C53H42N4OS. The Labute approximate surface area is 348 Å². The van der Waals surface area contributed by atoms with Crippen LogP contribution in [0.3, 0.4) is 0 Å². The Balaban J connectivity index is 0.987. The number of pyridine rings is 1. The van der Waals surface area contributed by atoms with Crippen LogP contribution in [-0.2, 0) is 5.41 Å². The molecule has 0 aliphatic heterocycles. The summed E-state index contributed by atoms with van der Waals surface area (Å²) in [4.78, 5) is 6.26. The van der Waals surface area contributed by atoms with Crippen molar-refractivity contribution in [1.82, 2.24) is 9.55 Å². The first kappa shape index (κ1) is 36.2. The highest BCUT2D eigenvalue weighted by atomic mass is 32.1. The monoisotopic (exact) mass is 782 g/mol. The molecule has 286 valence electrons. The van der Waals surface area contributed by atoms with E-state index in [4.69, 9.17) is 9.72 Å². The quantitative estimate of drug-likeness (QED) is 0.153. The number of ether oxygens (including phenoxy) is 1. The normalized spacial score (nSPS) is 11.6. The van der Waals surface area contributed by atoms with E-state index < -0.39 is 0 Å². The highest BCUT2D eigenvalue weighted by molar-refractivity contribution is 7.16. The average Bonchev–Trinajstić information content (AvgIpc) is 3.87. The van der Waals surface area contributed by atoms with Gasteiger partial charge in [-0.2, -0.15) is 0 Å². The number of fused-ring (bicyclic) bond motifs is 4. The zero-order valence-corrected chi connectivity index (χ0v) is 33.9. The second kappa shape index (κ2) is 15.0. The molecule has 10 rings (SSSR count). The van der Waals surface area contributed by atoms with Crippen molar-refractivity contribution >= 4 is 66.1 Å². The summed E-state index contributed by atoms with van der Waals surface area (Å²) in [5.41, 5.74) is 11.8. The van der Waals surface area contributed by atoms with Crippen LogP contribution in [0.25, 0.3) is 60.1 Å². The van der Waals surface area contributed by atoms with Gasteiger partial charge in [-0.05, 0) is 82.1 Å². The first-order chi connectivity index (χ1) is 28.9. The van der Waals surface area contributed by atoms with E-state index in [9.17, 15) is 0 Å². The van der Waals surface area contributed by atoms with Crippen LogP contribution in [0.4, 0.5) is 22.7 Å². The average molecular weight is 783 g/mol. The number of thiophene rings is 1. The van der Waals surface area contributed by atoms with Crippen molar-refractivity contribution in [2.24, 2.45) is 0 Å². The predicted octanol–water partition coefficient (Wildman–Crippen LogP) is 15.3. The lowest BCUT2D eigenvalue weighted by Gasteiger charge is -2.21. The van der Waals surface area contributed by atoms with Crippen molar-refractivity contribution in [1.29, 1.82) is 0 Å². The van der Waals surface area contributed by atoms with Crippen molar-refractivity contribution in [2.45, 2.75) is 26.2 Å². The fourth-order valence-corrected chi connectivity index (χ4v) is 8.88. The smallest absolute Gasteiger partial charge is 0.139 e. The summed E-state index contributed by atoms with van der Waals surface area (Å²) in [6.07, 6.45) is 0. The molecule has 0 aliphatic carbocycles. The molecule has 7 aromatic carbocycles. The molecule has 0 radical (unpaired) electrons. The number of para-hydroxylation sites is 4. The van der Waals surface area contributed by atoms with Crippen LogP contribution in [0, 0.1) is 0 Å². The van der Waals surface area contributed by atoms with Crippen molar-refractivity contribution < 1.29 is 4.74 Å². The highest BCUT2D eigenvalue weighted by Crippen LogP contribution is 2.42. The summed E-state index contributed by atoms with van der Waals surface area (Å²) in [7, 11) is 0. The van der Waals surface area contributed by atoms with Crippen LogP contribution >= 0.6 is 11.3 Å². The number of aromatic nitrogens is 2. The predicted molar refractivity (Wildman–Crippen MR) is 249 cm³/mol. The fourth-order valence-electron chi connectivity index (χ4n) is 8.10. The molecule has 0 atom stereocenters. The van der Waals surface area contributed by atoms with Crippen molar-refractivity contribution in [3.05, 3.63) is 193 Å². The number of hydrogen-bond donors (Lipinski definition) is 2. The maximum Gasteiger partial charge on any atom is 0.139 e. The summed E-state index contributed by atoms with van der Waals surface area (Å²) < 4.78 is 8.94. The van der Waals surface area contributed by atoms with E-state index in [2.05, 4.69) is 205 Å². The van der Waals surface area contributed by atoms with Gasteiger partial charge in [-0.1, -0.05) is 136 Å². The number of anilines is 4. The third-order valence-electron chi connectivity index (χ3n) is 10.9. The number of benzene rings is 7. The molecule has 0 saturated heterocycles. The lowest BCUT2D eigenvalue weighted by atomic mass is 9.86. The summed E-state index contributed by atoms with van der Waals surface area (Å²) in [6.45, 7) is 6.81. The summed E-state index contributed by atoms with van der Waals surface area (Å²) >= 11 is 1.69. The molecule has 0 amide bonds. The molecule has 0 aliphatic rings. The minimum absolute atomic E-state index is 0.0442. The first-order valence-corrected chi connectivity index (χ1v) is 20.8. The van der Waals surface area contributed by atoms with Crippen molar-refractivity contribution in [2.75, 3.05) is 10.6 Å². The molecule has 2 N–H and O–H groups in total. The number of rotatable bonds is 9. The summed E-state index contributed by atoms with van der Waals surface area (Å²) in [5.74, 6) is 2.39. The second-order valence-corrected chi connectivity index (χ2v) is 16.7. The molecule has 3 aromatic heterocycles. The molecule has 3 heterocycles. The maximum atomic E-state index is 6.66. The number of nitrogens with zero attached hydrogens (tertiary/aromatic N) is 2.